The van der Waals surface area contributed by atoms with Gasteiger partial charge in [0.1, 0.15) is 4.90 Å². The molecule has 0 amide bonds. The van der Waals surface area contributed by atoms with Gasteiger partial charge < -0.3 is 10.8 Å². The van der Waals surface area contributed by atoms with Gasteiger partial charge in [-0.25, -0.2) is 13.1 Å². The molecule has 1 aliphatic carbocycles. The molecule has 0 spiro atoms. The molecule has 1 fully saturated rings. The first kappa shape index (κ1) is 14.8. The van der Waals surface area contributed by atoms with Crippen LogP contribution in [0.2, 0.25) is 0 Å². The Labute approximate surface area is 121 Å². The topological polar surface area (TPSA) is 92.4 Å². The minimum absolute atomic E-state index is 0.00114. The predicted molar refractivity (Wildman–Crippen MR) is 77.1 cm³/mol. The van der Waals surface area contributed by atoms with Crippen LogP contribution < -0.4 is 10.5 Å². The summed E-state index contributed by atoms with van der Waals surface area (Å²) in [7, 11) is -3.66. The molecule has 106 valence electrons. The number of halogens is 1. The van der Waals surface area contributed by atoms with Gasteiger partial charge in [-0.3, -0.25) is 0 Å². The van der Waals surface area contributed by atoms with Gasteiger partial charge >= 0.3 is 0 Å². The van der Waals surface area contributed by atoms with Crippen molar-refractivity contribution in [2.45, 2.75) is 30.2 Å². The number of anilines is 1. The van der Waals surface area contributed by atoms with Gasteiger partial charge in [-0.2, -0.15) is 0 Å². The van der Waals surface area contributed by atoms with E-state index in [4.69, 9.17) is 5.73 Å². The lowest BCUT2D eigenvalue weighted by Gasteiger charge is -2.19. The van der Waals surface area contributed by atoms with Crippen LogP contribution in [-0.4, -0.2) is 26.2 Å². The molecule has 1 aromatic carbocycles. The SMILES string of the molecule is Nc1ccc(Br)cc1S(=O)(=O)NC1CCCC1CO. The number of sulfonamides is 1. The lowest BCUT2D eigenvalue weighted by molar-refractivity contribution is 0.213. The van der Waals surface area contributed by atoms with Gasteiger partial charge in [0.05, 0.1) is 5.69 Å². The van der Waals surface area contributed by atoms with Crippen molar-refractivity contribution in [2.75, 3.05) is 12.3 Å². The van der Waals surface area contributed by atoms with Crippen molar-refractivity contribution in [3.05, 3.63) is 22.7 Å². The molecule has 0 radical (unpaired) electrons. The van der Waals surface area contributed by atoms with E-state index < -0.39 is 10.0 Å². The molecular weight excluding hydrogens is 332 g/mol. The van der Waals surface area contributed by atoms with Gasteiger partial charge in [0, 0.05) is 17.1 Å². The van der Waals surface area contributed by atoms with Gasteiger partial charge in [-0.05, 0) is 37.0 Å². The summed E-state index contributed by atoms with van der Waals surface area (Å²) in [5.74, 6) is -0.0110. The Morgan fingerprint density at radius 1 is 1.42 bits per heavy atom. The van der Waals surface area contributed by atoms with Gasteiger partial charge in [0.2, 0.25) is 10.0 Å². The van der Waals surface area contributed by atoms with E-state index in [0.717, 1.165) is 19.3 Å². The number of rotatable bonds is 4. The average molecular weight is 349 g/mol. The van der Waals surface area contributed by atoms with Crippen LogP contribution >= 0.6 is 15.9 Å². The molecule has 0 bridgehead atoms. The minimum atomic E-state index is -3.66. The molecule has 7 heteroatoms. The molecule has 1 saturated carbocycles. The first-order valence-corrected chi connectivity index (χ1v) is 8.40. The fraction of sp³-hybridized carbons (Fsp3) is 0.500. The van der Waals surface area contributed by atoms with Crippen LogP contribution in [0.25, 0.3) is 0 Å². The van der Waals surface area contributed by atoms with Crippen LogP contribution in [-0.2, 0) is 10.0 Å². The van der Waals surface area contributed by atoms with Gasteiger partial charge in [-0.1, -0.05) is 22.4 Å². The fourth-order valence-electron chi connectivity index (χ4n) is 2.41. The molecule has 2 atom stereocenters. The van der Waals surface area contributed by atoms with Crippen LogP contribution in [0.15, 0.2) is 27.6 Å². The Balaban J connectivity index is 2.25. The van der Waals surface area contributed by atoms with E-state index in [1.807, 2.05) is 0 Å². The number of nitrogen functional groups attached to an aromatic ring is 1. The van der Waals surface area contributed by atoms with Crippen molar-refractivity contribution in [1.29, 1.82) is 0 Å². The smallest absolute Gasteiger partial charge is 0.242 e. The van der Waals surface area contributed by atoms with E-state index in [2.05, 4.69) is 20.7 Å². The Morgan fingerprint density at radius 3 is 2.84 bits per heavy atom. The van der Waals surface area contributed by atoms with E-state index in [-0.39, 0.29) is 29.1 Å². The van der Waals surface area contributed by atoms with Crippen LogP contribution in [0.3, 0.4) is 0 Å². The van der Waals surface area contributed by atoms with Crippen LogP contribution in [0, 0.1) is 5.92 Å². The Morgan fingerprint density at radius 2 is 2.16 bits per heavy atom. The highest BCUT2D eigenvalue weighted by Crippen LogP contribution is 2.28. The molecule has 0 saturated heterocycles. The molecule has 5 nitrogen and oxygen atoms in total. The van der Waals surface area contributed by atoms with E-state index in [0.29, 0.717) is 4.47 Å². The Kier molecular flexibility index (Phi) is 4.50. The molecule has 2 rings (SSSR count). The maximum atomic E-state index is 12.3. The molecule has 0 heterocycles. The summed E-state index contributed by atoms with van der Waals surface area (Å²) in [6, 6.07) is 4.52. The number of hydrogen-bond acceptors (Lipinski definition) is 4. The molecule has 0 aliphatic heterocycles. The predicted octanol–water partition coefficient (Wildman–Crippen LogP) is 1.47. The van der Waals surface area contributed by atoms with E-state index in [9.17, 15) is 13.5 Å². The zero-order valence-corrected chi connectivity index (χ0v) is 12.7. The van der Waals surface area contributed by atoms with Gasteiger partial charge in [0.25, 0.3) is 0 Å². The third-order valence-electron chi connectivity index (χ3n) is 3.47. The van der Waals surface area contributed by atoms with Gasteiger partial charge in [0.15, 0.2) is 0 Å². The summed E-state index contributed by atoms with van der Waals surface area (Å²) >= 11 is 3.24. The van der Waals surface area contributed by atoms with Crippen molar-refractivity contribution in [1.82, 2.24) is 4.72 Å². The van der Waals surface area contributed by atoms with Crippen molar-refractivity contribution in [2.24, 2.45) is 5.92 Å². The summed E-state index contributed by atoms with van der Waals surface area (Å²) in [6.07, 6.45) is 2.52. The Bertz CT molecular complexity index is 562. The average Bonchev–Trinajstić information content (AvgIpc) is 2.78. The Hall–Kier alpha value is -0.630. The van der Waals surface area contributed by atoms with Gasteiger partial charge in [-0.15, -0.1) is 0 Å². The number of aliphatic hydroxyl groups excluding tert-OH is 1. The van der Waals surface area contributed by atoms with Crippen molar-refractivity contribution < 1.29 is 13.5 Å². The number of benzene rings is 1. The quantitative estimate of drug-likeness (QED) is 0.718. The maximum Gasteiger partial charge on any atom is 0.242 e. The number of nitrogens with two attached hydrogens (primary N) is 1. The highest BCUT2D eigenvalue weighted by Gasteiger charge is 2.31. The molecule has 19 heavy (non-hydrogen) atoms. The molecule has 2 unspecified atom stereocenters. The number of hydrogen-bond donors (Lipinski definition) is 3. The van der Waals surface area contributed by atoms with Crippen molar-refractivity contribution in [3.63, 3.8) is 0 Å². The molecule has 4 N–H and O–H groups in total. The third-order valence-corrected chi connectivity index (χ3v) is 5.50. The zero-order chi connectivity index (χ0) is 14.0. The first-order valence-electron chi connectivity index (χ1n) is 6.12. The highest BCUT2D eigenvalue weighted by atomic mass is 79.9. The summed E-state index contributed by atoms with van der Waals surface area (Å²) in [4.78, 5) is 0.0745. The summed E-state index contributed by atoms with van der Waals surface area (Å²) in [5, 5.41) is 9.24. The number of nitrogens with one attached hydrogen (secondary N) is 1. The summed E-state index contributed by atoms with van der Waals surface area (Å²) < 4.78 is 28.0. The monoisotopic (exact) mass is 348 g/mol. The van der Waals surface area contributed by atoms with Crippen molar-refractivity contribution in [3.8, 4) is 0 Å². The molecule has 0 aromatic heterocycles. The maximum absolute atomic E-state index is 12.3. The third kappa shape index (κ3) is 3.28. The summed E-state index contributed by atoms with van der Waals surface area (Å²) in [6.45, 7) is 0.00114. The van der Waals surface area contributed by atoms with E-state index in [1.165, 1.54) is 6.07 Å². The molecular formula is C12H17BrN2O3S. The second-order valence-electron chi connectivity index (χ2n) is 4.78. The lowest BCUT2D eigenvalue weighted by Crippen LogP contribution is -2.38. The normalized spacial score (nSPS) is 23.7. The first-order chi connectivity index (χ1) is 8.94. The lowest BCUT2D eigenvalue weighted by atomic mass is 10.1. The molecule has 1 aliphatic rings. The van der Waals surface area contributed by atoms with Crippen LogP contribution in [0.4, 0.5) is 5.69 Å². The summed E-state index contributed by atoms with van der Waals surface area (Å²) in [5.41, 5.74) is 5.94. The fourth-order valence-corrected chi connectivity index (χ4v) is 4.42. The van der Waals surface area contributed by atoms with Crippen LogP contribution in [0.1, 0.15) is 19.3 Å². The van der Waals surface area contributed by atoms with Crippen molar-refractivity contribution >= 4 is 31.6 Å². The van der Waals surface area contributed by atoms with Crippen LogP contribution in [0.5, 0.6) is 0 Å². The standard InChI is InChI=1S/C12H17BrN2O3S/c13-9-4-5-10(14)12(6-9)19(17,18)15-11-3-1-2-8(11)7-16/h4-6,8,11,15-16H,1-3,7,14H2. The minimum Gasteiger partial charge on any atom is -0.398 e. The zero-order valence-electron chi connectivity index (χ0n) is 10.3. The number of aliphatic hydroxyl groups is 1. The highest BCUT2D eigenvalue weighted by molar-refractivity contribution is 9.10. The van der Waals surface area contributed by atoms with E-state index >= 15 is 0 Å². The molecule has 1 aromatic rings. The largest absolute Gasteiger partial charge is 0.398 e. The second kappa shape index (κ2) is 5.78. The second-order valence-corrected chi connectivity index (χ2v) is 7.38. The van der Waals surface area contributed by atoms with E-state index in [1.54, 1.807) is 12.1 Å².